The van der Waals surface area contributed by atoms with Gasteiger partial charge in [-0.05, 0) is 0 Å². The van der Waals surface area contributed by atoms with Gasteiger partial charge in [-0.1, -0.05) is 0 Å². The van der Waals surface area contributed by atoms with Gasteiger partial charge in [0, 0.05) is 0 Å². The van der Waals surface area contributed by atoms with Crippen LogP contribution in [0.2, 0.25) is 0 Å². The molecule has 0 N–H and O–H groups in total. The minimum atomic E-state index is 0. The summed E-state index contributed by atoms with van der Waals surface area (Å²) >= 11 is 0. The van der Waals surface area contributed by atoms with Crippen molar-refractivity contribution in [2.45, 2.75) is 0 Å². The van der Waals surface area contributed by atoms with Gasteiger partial charge in [0.15, 0.2) is 17.4 Å². The van der Waals surface area contributed by atoms with E-state index in [1.807, 2.05) is 0 Å². The fourth-order valence-electron chi connectivity index (χ4n) is 0. The summed E-state index contributed by atoms with van der Waals surface area (Å²) in [6.45, 7) is 0. The van der Waals surface area contributed by atoms with Crippen LogP contribution < -0.4 is 0 Å². The molecule has 0 saturated heterocycles. The summed E-state index contributed by atoms with van der Waals surface area (Å²) in [5.74, 6) is 0. The molecule has 24 valence electrons. The Bertz CT molecular complexity index is 6.00. The van der Waals surface area contributed by atoms with Crippen LogP contribution in [0.25, 0.3) is 0 Å². The molecule has 0 aromatic carbocycles. The van der Waals surface area contributed by atoms with Gasteiger partial charge in [0.25, 0.3) is 0 Å². The topological polar surface area (TPSA) is 0 Å². The first-order valence-electron chi connectivity index (χ1n) is 0. The van der Waals surface area contributed by atoms with Gasteiger partial charge in [0.1, 0.15) is 0 Å². The quantitative estimate of drug-likeness (QED) is 0.394. The molecular weight excluding hydrogens is 281 g/mol. The van der Waals surface area contributed by atoms with Crippen LogP contribution in [0, 0.1) is 0 Å². The second-order valence-electron chi connectivity index (χ2n) is 0. The minimum absolute atomic E-state index is 0. The van der Waals surface area contributed by atoms with E-state index in [4.69, 9.17) is 0 Å². The molecule has 4 heteroatoms. The molecule has 0 unspecified atom stereocenters. The van der Waals surface area contributed by atoms with Gasteiger partial charge in [-0.3, -0.25) is 0 Å². The molecule has 0 aromatic rings. The molecule has 0 fully saturated rings. The van der Waals surface area contributed by atoms with E-state index in [1.165, 1.54) is 0 Å². The average molecular weight is 293 g/mol. The second kappa shape index (κ2) is 17.3. The Labute approximate surface area is 81.5 Å². The molecule has 0 radical (unpaired) electrons. The molecule has 0 bridgehead atoms. The van der Waals surface area contributed by atoms with E-state index in [1.54, 1.807) is 0 Å². The summed E-state index contributed by atoms with van der Waals surface area (Å²) in [5, 5.41) is 0. The molecule has 4 heavy (non-hydrogen) atoms. The number of hydrogen-bond acceptors (Lipinski definition) is 0. The summed E-state index contributed by atoms with van der Waals surface area (Å²) in [6, 6.07) is 0. The molecule has 0 atom stereocenters. The first-order chi connectivity index (χ1) is 0. The van der Waals surface area contributed by atoms with Crippen molar-refractivity contribution < 1.29 is 0 Å². The fraction of sp³-hybridized carbons (Fsp3) is 0. The van der Waals surface area contributed by atoms with Crippen molar-refractivity contribution in [3.05, 3.63) is 0 Å². The molecule has 0 saturated carbocycles. The molecular formula is H12AlGa2In. The summed E-state index contributed by atoms with van der Waals surface area (Å²) in [6.07, 6.45) is 0. The molecule has 0 amide bonds. The van der Waals surface area contributed by atoms with Crippen LogP contribution in [-0.4, -0.2) is 82.8 Å². The van der Waals surface area contributed by atoms with E-state index in [0.717, 1.165) is 0 Å². The molecule has 0 aliphatic heterocycles. The Morgan fingerprint density at radius 2 is 0.750 bits per heavy atom. The van der Waals surface area contributed by atoms with Gasteiger partial charge in [0.05, 0.1) is 0 Å². The van der Waals surface area contributed by atoms with Crippen LogP contribution in [0.15, 0.2) is 0 Å². The third kappa shape index (κ3) is 8.82. The predicted octanol–water partition coefficient (Wildman–Crippen LogP) is -4.74. The van der Waals surface area contributed by atoms with Gasteiger partial charge < -0.3 is 0 Å². The van der Waals surface area contributed by atoms with E-state index in [9.17, 15) is 0 Å². The third-order valence-electron chi connectivity index (χ3n) is 0. The first kappa shape index (κ1) is 30.0. The summed E-state index contributed by atoms with van der Waals surface area (Å²) in [7, 11) is 0. The van der Waals surface area contributed by atoms with Crippen LogP contribution in [0.5, 0.6) is 0 Å². The maximum absolute atomic E-state index is 0. The number of rotatable bonds is 0. The Kier molecular flexibility index (Phi) is 130. The summed E-state index contributed by atoms with van der Waals surface area (Å²) in [5.41, 5.74) is 0. The van der Waals surface area contributed by atoms with E-state index >= 15 is 0 Å². The van der Waals surface area contributed by atoms with Gasteiger partial charge in [-0.15, -0.1) is 0 Å². The van der Waals surface area contributed by atoms with Crippen molar-refractivity contribution in [3.8, 4) is 0 Å². The first-order valence-corrected chi connectivity index (χ1v) is 0. The fourth-order valence-corrected chi connectivity index (χ4v) is 0. The van der Waals surface area contributed by atoms with Gasteiger partial charge in [-0.25, -0.2) is 0 Å². The number of hydrogen-bond donors (Lipinski definition) is 0. The van der Waals surface area contributed by atoms with Crippen LogP contribution in [-0.2, 0) is 0 Å². The van der Waals surface area contributed by atoms with Gasteiger partial charge in [-0.2, -0.15) is 0 Å². The molecule has 0 aromatic heterocycles. The molecule has 0 rings (SSSR count). The standard InChI is InChI=1S/Al.2Ga.In.12H. The van der Waals surface area contributed by atoms with Crippen LogP contribution >= 0.6 is 0 Å². The van der Waals surface area contributed by atoms with Crippen molar-refractivity contribution in [1.82, 2.24) is 0 Å². The van der Waals surface area contributed by atoms with Crippen LogP contribution in [0.3, 0.4) is 0 Å². The zero-order chi connectivity index (χ0) is 0. The summed E-state index contributed by atoms with van der Waals surface area (Å²) < 4.78 is 0. The monoisotopic (exact) mass is 292 g/mol. The van der Waals surface area contributed by atoms with Crippen molar-refractivity contribution in [1.29, 1.82) is 0 Å². The third-order valence-corrected chi connectivity index (χ3v) is 0. The molecule has 0 heterocycles. The van der Waals surface area contributed by atoms with Gasteiger partial charge >= 0.3 is 65.4 Å². The van der Waals surface area contributed by atoms with E-state index < -0.39 is 0 Å². The molecule has 0 nitrogen and oxygen atoms in total. The Balaban J connectivity index is 0. The maximum atomic E-state index is 0. The van der Waals surface area contributed by atoms with E-state index in [2.05, 4.69) is 0 Å². The predicted molar refractivity (Wildman–Crippen MR) is 39.8 cm³/mol. The van der Waals surface area contributed by atoms with Crippen LogP contribution in [0.1, 0.15) is 0 Å². The summed E-state index contributed by atoms with van der Waals surface area (Å²) in [4.78, 5) is 0. The van der Waals surface area contributed by atoms with Crippen molar-refractivity contribution in [2.24, 2.45) is 0 Å². The normalized spacial score (nSPS) is 0. The van der Waals surface area contributed by atoms with Gasteiger partial charge in [0.2, 0.25) is 0 Å². The van der Waals surface area contributed by atoms with Crippen molar-refractivity contribution >= 4 is 82.8 Å². The Hall–Kier alpha value is 2.68. The Morgan fingerprint density at radius 3 is 0.750 bits per heavy atom. The molecule has 0 aliphatic rings. The average Bonchev–Trinajstić information content (AvgIpc) is 0. The SMILES string of the molecule is [AlH3].[GaH3].[GaH3].[InH3]. The van der Waals surface area contributed by atoms with Crippen LogP contribution in [0.4, 0.5) is 0 Å². The van der Waals surface area contributed by atoms with Crippen molar-refractivity contribution in [2.75, 3.05) is 0 Å². The zero-order valence-electron chi connectivity index (χ0n) is 0. The molecule has 0 aliphatic carbocycles. The second-order valence-corrected chi connectivity index (χ2v) is 0. The van der Waals surface area contributed by atoms with E-state index in [-0.39, 0.29) is 82.8 Å². The van der Waals surface area contributed by atoms with Crippen molar-refractivity contribution in [3.63, 3.8) is 0 Å². The molecule has 0 spiro atoms. The Morgan fingerprint density at radius 1 is 0.750 bits per heavy atom. The zero-order valence-corrected chi connectivity index (χ0v) is 0. The van der Waals surface area contributed by atoms with E-state index in [0.29, 0.717) is 0 Å².